The Morgan fingerprint density at radius 3 is 2.50 bits per heavy atom. The third kappa shape index (κ3) is 5.15. The summed E-state index contributed by atoms with van der Waals surface area (Å²) in [4.78, 5) is 22.0. The van der Waals surface area contributed by atoms with Crippen LogP contribution in [0.3, 0.4) is 0 Å². The molecule has 2 aromatic carbocycles. The third-order valence-corrected chi connectivity index (χ3v) is 7.68. The molecule has 36 heavy (non-hydrogen) atoms. The number of methoxy groups -OCH3 is 2. The topological polar surface area (TPSA) is 54.9 Å². The summed E-state index contributed by atoms with van der Waals surface area (Å²) in [7, 11) is 3.48. The molecule has 0 saturated carbocycles. The molecule has 0 bridgehead atoms. The number of hydrogen-bond donors (Lipinski definition) is 0. The monoisotopic (exact) mass is 485 g/mol. The second-order valence-electron chi connectivity index (χ2n) is 9.79. The first kappa shape index (κ1) is 24.5. The zero-order valence-corrected chi connectivity index (χ0v) is 21.2. The Morgan fingerprint density at radius 1 is 0.972 bits per heavy atom. The number of benzene rings is 2. The van der Waals surface area contributed by atoms with Gasteiger partial charge in [-0.2, -0.15) is 0 Å². The van der Waals surface area contributed by atoms with Gasteiger partial charge in [-0.3, -0.25) is 14.7 Å². The van der Waals surface area contributed by atoms with E-state index in [9.17, 15) is 4.79 Å². The van der Waals surface area contributed by atoms with E-state index >= 15 is 0 Å². The highest BCUT2D eigenvalue weighted by Gasteiger charge is 2.49. The molecule has 2 aliphatic rings. The van der Waals surface area contributed by atoms with Gasteiger partial charge in [-0.1, -0.05) is 36.4 Å². The average Bonchev–Trinajstić information content (AvgIpc) is 2.90. The summed E-state index contributed by atoms with van der Waals surface area (Å²) in [5.74, 6) is 1.39. The molecule has 0 unspecified atom stereocenters. The summed E-state index contributed by atoms with van der Waals surface area (Å²) in [5.41, 5.74) is 4.64. The second kappa shape index (κ2) is 11.2. The normalized spacial score (nSPS) is 22.2. The molecule has 3 heterocycles. The first-order valence-electron chi connectivity index (χ1n) is 12.8. The molecule has 2 aliphatic heterocycles. The van der Waals surface area contributed by atoms with Crippen LogP contribution >= 0.6 is 0 Å². The summed E-state index contributed by atoms with van der Waals surface area (Å²) in [5, 5.41) is 0. The highest BCUT2D eigenvalue weighted by molar-refractivity contribution is 5.78. The van der Waals surface area contributed by atoms with Gasteiger partial charge in [0, 0.05) is 50.6 Å². The van der Waals surface area contributed by atoms with E-state index < -0.39 is 0 Å². The van der Waals surface area contributed by atoms with Crippen molar-refractivity contribution in [3.8, 4) is 16.9 Å². The molecule has 5 rings (SSSR count). The Labute approximate surface area is 213 Å². The second-order valence-corrected chi connectivity index (χ2v) is 9.79. The fraction of sp³-hybridized carbons (Fsp3) is 0.400. The number of rotatable bonds is 7. The van der Waals surface area contributed by atoms with E-state index in [0.717, 1.165) is 49.4 Å². The molecule has 3 aromatic rings. The minimum Gasteiger partial charge on any atom is -0.497 e. The molecule has 2 saturated heterocycles. The lowest BCUT2D eigenvalue weighted by atomic mass is 9.74. The van der Waals surface area contributed by atoms with E-state index in [2.05, 4.69) is 51.2 Å². The van der Waals surface area contributed by atoms with Gasteiger partial charge in [0.2, 0.25) is 5.91 Å². The zero-order valence-electron chi connectivity index (χ0n) is 21.2. The molecular formula is C30H35N3O3. The van der Waals surface area contributed by atoms with Crippen LogP contribution in [0, 0.1) is 0 Å². The number of nitrogens with zero attached hydrogens (tertiary/aromatic N) is 3. The van der Waals surface area contributed by atoms with Crippen molar-refractivity contribution in [2.45, 2.75) is 37.3 Å². The highest BCUT2D eigenvalue weighted by atomic mass is 16.5. The molecule has 0 aliphatic carbocycles. The quantitative estimate of drug-likeness (QED) is 0.496. The van der Waals surface area contributed by atoms with Gasteiger partial charge < -0.3 is 14.4 Å². The predicted octanol–water partition coefficient (Wildman–Crippen LogP) is 4.41. The van der Waals surface area contributed by atoms with Crippen molar-refractivity contribution in [1.29, 1.82) is 0 Å². The minimum atomic E-state index is 0.199. The van der Waals surface area contributed by atoms with E-state index in [1.807, 2.05) is 24.3 Å². The Morgan fingerprint density at radius 2 is 1.75 bits per heavy atom. The molecule has 1 aromatic heterocycles. The Kier molecular flexibility index (Phi) is 7.63. The van der Waals surface area contributed by atoms with Crippen molar-refractivity contribution < 1.29 is 14.3 Å². The van der Waals surface area contributed by atoms with Gasteiger partial charge >= 0.3 is 0 Å². The SMILES string of the molecule is COC[C@@H]1[C@@H](c2ccc(-c3cccc(OC)c3)cc2)[C@@H]2CN(C(=O)Cc3ccncc3)CCCCN12. The minimum absolute atomic E-state index is 0.199. The number of carbonyl (C=O) groups excluding carboxylic acids is 1. The van der Waals surface area contributed by atoms with Crippen molar-refractivity contribution in [2.75, 3.05) is 40.5 Å². The van der Waals surface area contributed by atoms with Gasteiger partial charge in [0.25, 0.3) is 0 Å². The number of carbonyl (C=O) groups is 1. The molecule has 1 amide bonds. The van der Waals surface area contributed by atoms with Crippen LogP contribution in [0.4, 0.5) is 0 Å². The van der Waals surface area contributed by atoms with Crippen LogP contribution in [0.5, 0.6) is 5.75 Å². The summed E-state index contributed by atoms with van der Waals surface area (Å²) in [6.45, 7) is 3.34. The molecule has 2 fully saturated rings. The van der Waals surface area contributed by atoms with Crippen LogP contribution in [0.25, 0.3) is 11.1 Å². The summed E-state index contributed by atoms with van der Waals surface area (Å²) >= 11 is 0. The van der Waals surface area contributed by atoms with Gasteiger partial charge in [-0.15, -0.1) is 0 Å². The summed E-state index contributed by atoms with van der Waals surface area (Å²) in [6, 6.07) is 21.6. The maximum absolute atomic E-state index is 13.3. The molecule has 188 valence electrons. The predicted molar refractivity (Wildman–Crippen MR) is 141 cm³/mol. The van der Waals surface area contributed by atoms with Crippen LogP contribution in [-0.2, 0) is 16.0 Å². The van der Waals surface area contributed by atoms with E-state index in [1.165, 1.54) is 11.1 Å². The van der Waals surface area contributed by atoms with Crippen molar-refractivity contribution in [2.24, 2.45) is 0 Å². The molecular weight excluding hydrogens is 450 g/mol. The fourth-order valence-electron chi connectivity index (χ4n) is 5.81. The van der Waals surface area contributed by atoms with Crippen LogP contribution < -0.4 is 4.74 Å². The lowest BCUT2D eigenvalue weighted by Crippen LogP contribution is -2.68. The van der Waals surface area contributed by atoms with Gasteiger partial charge in [0.05, 0.1) is 20.1 Å². The van der Waals surface area contributed by atoms with Crippen LogP contribution in [0.2, 0.25) is 0 Å². The molecule has 6 heteroatoms. The lowest BCUT2D eigenvalue weighted by Gasteiger charge is -2.57. The zero-order chi connectivity index (χ0) is 24.9. The first-order chi connectivity index (χ1) is 17.7. The van der Waals surface area contributed by atoms with Crippen LogP contribution in [0.1, 0.15) is 29.9 Å². The molecule has 3 atom stereocenters. The first-order valence-corrected chi connectivity index (χ1v) is 12.8. The van der Waals surface area contributed by atoms with E-state index in [-0.39, 0.29) is 5.91 Å². The number of pyridine rings is 1. The Balaban J connectivity index is 1.36. The average molecular weight is 486 g/mol. The van der Waals surface area contributed by atoms with Crippen molar-refractivity contribution in [1.82, 2.24) is 14.8 Å². The number of amides is 1. The van der Waals surface area contributed by atoms with Gasteiger partial charge in [-0.05, 0) is 65.9 Å². The summed E-state index contributed by atoms with van der Waals surface area (Å²) < 4.78 is 11.0. The largest absolute Gasteiger partial charge is 0.497 e. The fourth-order valence-corrected chi connectivity index (χ4v) is 5.81. The number of ether oxygens (including phenoxy) is 2. The van der Waals surface area contributed by atoms with E-state index in [1.54, 1.807) is 26.6 Å². The maximum atomic E-state index is 13.3. The molecule has 0 radical (unpaired) electrons. The number of fused-ring (bicyclic) bond motifs is 1. The van der Waals surface area contributed by atoms with E-state index in [4.69, 9.17) is 9.47 Å². The van der Waals surface area contributed by atoms with Gasteiger partial charge in [-0.25, -0.2) is 0 Å². The summed E-state index contributed by atoms with van der Waals surface area (Å²) in [6.07, 6.45) is 6.06. The van der Waals surface area contributed by atoms with Crippen molar-refractivity contribution in [3.05, 3.63) is 84.2 Å². The third-order valence-electron chi connectivity index (χ3n) is 7.68. The standard InChI is InChI=1S/C30H35N3O3/c1-35-21-28-30(24-10-8-23(9-11-24)25-6-5-7-26(19-25)36-2)27-20-32(16-3-4-17-33(27)28)29(34)18-22-12-14-31-15-13-22/h5-15,19,27-28,30H,3-4,16-18,20-21H2,1-2H3/t27-,28+,30-/m0/s1. The van der Waals surface area contributed by atoms with Gasteiger partial charge in [0.1, 0.15) is 5.75 Å². The van der Waals surface area contributed by atoms with Crippen molar-refractivity contribution in [3.63, 3.8) is 0 Å². The highest BCUT2D eigenvalue weighted by Crippen LogP contribution is 2.42. The van der Waals surface area contributed by atoms with Crippen LogP contribution in [-0.4, -0.2) is 73.2 Å². The van der Waals surface area contributed by atoms with E-state index in [0.29, 0.717) is 31.0 Å². The Hall–Kier alpha value is -3.22. The lowest BCUT2D eigenvalue weighted by molar-refractivity contribution is -0.136. The molecule has 0 N–H and O–H groups in total. The Bertz CT molecular complexity index is 1150. The number of hydrogen-bond acceptors (Lipinski definition) is 5. The van der Waals surface area contributed by atoms with Crippen LogP contribution in [0.15, 0.2) is 73.1 Å². The molecule has 0 spiro atoms. The van der Waals surface area contributed by atoms with Crippen molar-refractivity contribution >= 4 is 5.91 Å². The smallest absolute Gasteiger partial charge is 0.227 e. The van der Waals surface area contributed by atoms with Gasteiger partial charge in [0.15, 0.2) is 0 Å². The number of aromatic nitrogens is 1. The molecule has 6 nitrogen and oxygen atoms in total. The maximum Gasteiger partial charge on any atom is 0.227 e.